The van der Waals surface area contributed by atoms with E-state index in [1.165, 1.54) is 0 Å². The average molecular weight is 434 g/mol. The van der Waals surface area contributed by atoms with Crippen LogP contribution in [-0.2, 0) is 15.7 Å². The van der Waals surface area contributed by atoms with Crippen LogP contribution in [-0.4, -0.2) is 27.8 Å². The summed E-state index contributed by atoms with van der Waals surface area (Å²) in [6, 6.07) is 1.04. The van der Waals surface area contributed by atoms with E-state index in [1.54, 1.807) is 20.8 Å². The Morgan fingerprint density at radius 3 is 2.33 bits per heavy atom. The summed E-state index contributed by atoms with van der Waals surface area (Å²) < 4.78 is 86.5. The summed E-state index contributed by atoms with van der Waals surface area (Å²) in [6.45, 7) is 4.47. The van der Waals surface area contributed by atoms with E-state index >= 15 is 0 Å². The highest BCUT2D eigenvalue weighted by molar-refractivity contribution is 7.84. The molecule has 154 valence electrons. The fourth-order valence-electron chi connectivity index (χ4n) is 2.71. The third-order valence-corrected chi connectivity index (χ3v) is 6.26. The van der Waals surface area contributed by atoms with E-state index in [9.17, 15) is 26.2 Å². The SMILES string of the molecule is CC(C)(C)[S@@](=O)NC(c1ccc(F)c(Cl)c1F)[C@H]1CC[C@H](C(F)(F)F)CO1. The van der Waals surface area contributed by atoms with Crippen molar-refractivity contribution in [1.29, 1.82) is 0 Å². The molecule has 1 heterocycles. The minimum absolute atomic E-state index is 0.0301. The van der Waals surface area contributed by atoms with E-state index in [2.05, 4.69) is 4.72 Å². The molecule has 2 rings (SSSR count). The van der Waals surface area contributed by atoms with Gasteiger partial charge in [-0.1, -0.05) is 17.7 Å². The van der Waals surface area contributed by atoms with Gasteiger partial charge in [-0.15, -0.1) is 0 Å². The lowest BCUT2D eigenvalue weighted by Gasteiger charge is -2.36. The first-order chi connectivity index (χ1) is 12.3. The summed E-state index contributed by atoms with van der Waals surface area (Å²) in [5, 5.41) is -0.732. The molecule has 4 atom stereocenters. The first-order valence-corrected chi connectivity index (χ1v) is 9.85. The lowest BCUT2D eigenvalue weighted by molar-refractivity contribution is -0.209. The van der Waals surface area contributed by atoms with Crippen molar-refractivity contribution >= 4 is 22.6 Å². The molecule has 0 aliphatic carbocycles. The first kappa shape index (κ1) is 22.5. The van der Waals surface area contributed by atoms with Gasteiger partial charge < -0.3 is 4.74 Å². The highest BCUT2D eigenvalue weighted by Gasteiger charge is 2.44. The lowest BCUT2D eigenvalue weighted by atomic mass is 9.91. The van der Waals surface area contributed by atoms with Gasteiger partial charge in [0.2, 0.25) is 0 Å². The third kappa shape index (κ3) is 5.40. The van der Waals surface area contributed by atoms with Crippen LogP contribution in [0.4, 0.5) is 22.0 Å². The minimum Gasteiger partial charge on any atom is -0.376 e. The van der Waals surface area contributed by atoms with E-state index in [0.29, 0.717) is 0 Å². The zero-order chi connectivity index (χ0) is 20.6. The van der Waals surface area contributed by atoms with Crippen LogP contribution in [0.25, 0.3) is 0 Å². The van der Waals surface area contributed by atoms with Gasteiger partial charge in [-0.2, -0.15) is 13.2 Å². The maximum Gasteiger partial charge on any atom is 0.394 e. The predicted octanol–water partition coefficient (Wildman–Crippen LogP) is 5.07. The molecular formula is C17H21ClF5NO2S. The van der Waals surface area contributed by atoms with E-state index in [-0.39, 0.29) is 18.4 Å². The number of hydrogen-bond donors (Lipinski definition) is 1. The molecule has 1 N–H and O–H groups in total. The number of alkyl halides is 3. The molecule has 0 radical (unpaired) electrons. The van der Waals surface area contributed by atoms with Gasteiger partial charge in [0.25, 0.3) is 0 Å². The molecule has 0 saturated carbocycles. The van der Waals surface area contributed by atoms with Gasteiger partial charge in [0.1, 0.15) is 16.7 Å². The van der Waals surface area contributed by atoms with E-state index in [0.717, 1.165) is 12.1 Å². The largest absolute Gasteiger partial charge is 0.394 e. The fourth-order valence-corrected chi connectivity index (χ4v) is 3.74. The molecule has 1 aromatic carbocycles. The molecule has 1 aliphatic heterocycles. The van der Waals surface area contributed by atoms with Gasteiger partial charge in [0, 0.05) is 5.56 Å². The van der Waals surface area contributed by atoms with Crippen molar-refractivity contribution < 1.29 is 30.9 Å². The Balaban J connectivity index is 2.32. The second kappa shape index (κ2) is 8.31. The summed E-state index contributed by atoms with van der Waals surface area (Å²) in [4.78, 5) is 0. The normalized spacial score (nSPS) is 23.9. The molecule has 0 spiro atoms. The molecule has 1 aromatic rings. The monoisotopic (exact) mass is 433 g/mol. The molecule has 10 heteroatoms. The molecule has 1 saturated heterocycles. The number of ether oxygens (including phenoxy) is 1. The van der Waals surface area contributed by atoms with Crippen LogP contribution in [0.5, 0.6) is 0 Å². The van der Waals surface area contributed by atoms with Gasteiger partial charge in [-0.25, -0.2) is 17.7 Å². The zero-order valence-electron chi connectivity index (χ0n) is 15.0. The van der Waals surface area contributed by atoms with Crippen molar-refractivity contribution in [2.75, 3.05) is 6.61 Å². The van der Waals surface area contributed by atoms with Crippen LogP contribution >= 0.6 is 11.6 Å². The van der Waals surface area contributed by atoms with Crippen molar-refractivity contribution in [2.45, 2.75) is 56.7 Å². The van der Waals surface area contributed by atoms with Crippen molar-refractivity contribution in [2.24, 2.45) is 5.92 Å². The van der Waals surface area contributed by atoms with Gasteiger partial charge in [0.05, 0.1) is 40.4 Å². The van der Waals surface area contributed by atoms with Crippen molar-refractivity contribution in [3.63, 3.8) is 0 Å². The predicted molar refractivity (Wildman–Crippen MR) is 93.7 cm³/mol. The first-order valence-electron chi connectivity index (χ1n) is 8.32. The molecule has 1 aliphatic rings. The van der Waals surface area contributed by atoms with E-state index in [1.807, 2.05) is 0 Å². The molecule has 0 aromatic heterocycles. The molecular weight excluding hydrogens is 413 g/mol. The van der Waals surface area contributed by atoms with Gasteiger partial charge >= 0.3 is 6.18 Å². The van der Waals surface area contributed by atoms with Gasteiger partial charge in [-0.05, 0) is 39.7 Å². The van der Waals surface area contributed by atoms with E-state index in [4.69, 9.17) is 16.3 Å². The Morgan fingerprint density at radius 2 is 1.85 bits per heavy atom. The lowest BCUT2D eigenvalue weighted by Crippen LogP contribution is -2.45. The minimum atomic E-state index is -4.38. The summed E-state index contributed by atoms with van der Waals surface area (Å²) >= 11 is 5.63. The number of benzene rings is 1. The van der Waals surface area contributed by atoms with Crippen LogP contribution in [0.1, 0.15) is 45.2 Å². The highest BCUT2D eigenvalue weighted by Crippen LogP contribution is 2.38. The Kier molecular flexibility index (Phi) is 6.93. The van der Waals surface area contributed by atoms with Crippen LogP contribution in [0.15, 0.2) is 12.1 Å². The molecule has 1 fully saturated rings. The Bertz CT molecular complexity index is 700. The molecule has 0 amide bonds. The molecule has 1 unspecified atom stereocenters. The zero-order valence-corrected chi connectivity index (χ0v) is 16.6. The van der Waals surface area contributed by atoms with Gasteiger partial charge in [0.15, 0.2) is 0 Å². The average Bonchev–Trinajstić information content (AvgIpc) is 2.56. The summed E-state index contributed by atoms with van der Waals surface area (Å²) in [7, 11) is -1.67. The van der Waals surface area contributed by atoms with Crippen LogP contribution in [0, 0.1) is 17.6 Å². The number of hydrogen-bond acceptors (Lipinski definition) is 2. The standard InChI is InChI=1S/C17H21ClF5NO2S/c1-16(2,3)27(25)24-15(10-5-6-11(19)13(18)14(10)20)12-7-4-9(8-26-12)17(21,22)23/h5-6,9,12,15,24H,4,7-8H2,1-3H3/t9-,12+,15?,27+/m0/s1. The maximum absolute atomic E-state index is 14.5. The Hall–Kier alpha value is -0.770. The topological polar surface area (TPSA) is 38.3 Å². The van der Waals surface area contributed by atoms with Crippen molar-refractivity contribution in [3.05, 3.63) is 34.4 Å². The smallest absolute Gasteiger partial charge is 0.376 e. The van der Waals surface area contributed by atoms with Crippen molar-refractivity contribution in [1.82, 2.24) is 4.72 Å². The van der Waals surface area contributed by atoms with Crippen LogP contribution in [0.3, 0.4) is 0 Å². The third-order valence-electron chi connectivity index (χ3n) is 4.34. The highest BCUT2D eigenvalue weighted by atomic mass is 35.5. The summed E-state index contributed by atoms with van der Waals surface area (Å²) in [6.07, 6.45) is -5.49. The number of nitrogens with one attached hydrogen (secondary N) is 1. The van der Waals surface area contributed by atoms with Crippen LogP contribution in [0.2, 0.25) is 5.02 Å². The molecule has 0 bridgehead atoms. The molecule has 3 nitrogen and oxygen atoms in total. The summed E-state index contributed by atoms with van der Waals surface area (Å²) in [5.41, 5.74) is -0.102. The fraction of sp³-hybridized carbons (Fsp3) is 0.647. The maximum atomic E-state index is 14.5. The second-order valence-electron chi connectivity index (χ2n) is 7.43. The van der Waals surface area contributed by atoms with Crippen LogP contribution < -0.4 is 4.72 Å². The molecule has 27 heavy (non-hydrogen) atoms. The number of halogens is 6. The summed E-state index contributed by atoms with van der Waals surface area (Å²) in [5.74, 6) is -3.62. The quantitative estimate of drug-likeness (QED) is 0.532. The van der Waals surface area contributed by atoms with Crippen molar-refractivity contribution in [3.8, 4) is 0 Å². The number of rotatable bonds is 4. The second-order valence-corrected chi connectivity index (χ2v) is 9.80. The van der Waals surface area contributed by atoms with E-state index < -0.39 is 63.2 Å². The Morgan fingerprint density at radius 1 is 1.22 bits per heavy atom. The Labute approximate surface area is 162 Å². The van der Waals surface area contributed by atoms with Gasteiger partial charge in [-0.3, -0.25) is 0 Å².